The zero-order chi connectivity index (χ0) is 105. The van der Waals surface area contributed by atoms with Crippen LogP contribution < -0.4 is 5.32 Å². The van der Waals surface area contributed by atoms with Crippen molar-refractivity contribution in [1.82, 2.24) is 118 Å². The summed E-state index contributed by atoms with van der Waals surface area (Å²) in [5.74, 6) is -3.42. The van der Waals surface area contributed by atoms with E-state index >= 15 is 0 Å². The Balaban J connectivity index is 0.000000139. The molecule has 4 N–H and O–H groups in total. The first-order valence-corrected chi connectivity index (χ1v) is 47.5. The van der Waals surface area contributed by atoms with E-state index in [2.05, 4.69) is 93.5 Å². The van der Waals surface area contributed by atoms with E-state index in [0.29, 0.717) is 126 Å². The molecule has 0 atom stereocenters. The number of halogens is 9. The van der Waals surface area contributed by atoms with Gasteiger partial charge in [0.2, 0.25) is 11.8 Å². The second kappa shape index (κ2) is 39.5. The number of hydrogen-bond acceptors (Lipinski definition) is 19. The molecule has 4 saturated heterocycles. The Kier molecular flexibility index (Phi) is 28.0. The maximum atomic E-state index is 13.7. The molecule has 1 saturated carbocycles. The minimum absolute atomic E-state index is 0.0197. The number of H-pyrrole nitrogens is 2. The predicted octanol–water partition coefficient (Wildman–Crippen LogP) is 15.8. The summed E-state index contributed by atoms with van der Waals surface area (Å²) in [6.45, 7) is 34.3. The maximum Gasteiger partial charge on any atom is 0.417 e. The second-order valence-electron chi connectivity index (χ2n) is 40.6. The third kappa shape index (κ3) is 21.1. The number of fused-ring (bicyclic) bond motifs is 4. The minimum atomic E-state index is -4.77. The van der Waals surface area contributed by atoms with E-state index in [-0.39, 0.29) is 119 Å². The largest absolute Gasteiger partial charge is 0.417 e. The maximum absolute atomic E-state index is 13.7. The molecule has 10 aromatic heterocycles. The van der Waals surface area contributed by atoms with Crippen LogP contribution in [0.5, 0.6) is 0 Å². The first-order valence-electron chi connectivity index (χ1n) is 47.5. The van der Waals surface area contributed by atoms with Crippen LogP contribution in [0, 0.1) is 23.4 Å². The average molecular weight is 2000 g/mol. The second-order valence-corrected chi connectivity index (χ2v) is 40.6. The molecule has 19 rings (SSSR count). The fourth-order valence-corrected chi connectivity index (χ4v) is 18.8. The van der Waals surface area contributed by atoms with Gasteiger partial charge in [-0.15, -0.1) is 0 Å². The molecule has 8 amide bonds. The van der Waals surface area contributed by atoms with Crippen LogP contribution in [0.3, 0.4) is 0 Å². The highest BCUT2D eigenvalue weighted by Gasteiger charge is 2.63. The van der Waals surface area contributed by atoms with Gasteiger partial charge >= 0.3 is 12.4 Å². The van der Waals surface area contributed by atoms with Gasteiger partial charge in [0, 0.05) is 141 Å². The molecule has 5 aliphatic rings. The van der Waals surface area contributed by atoms with Gasteiger partial charge in [0.25, 0.3) is 35.4 Å². The van der Waals surface area contributed by atoms with Crippen LogP contribution >= 0.6 is 0 Å². The first kappa shape index (κ1) is 103. The zero-order valence-electron chi connectivity index (χ0n) is 82.8. The standard InChI is InChI=1S/C28H31F4N5O3.2C26H28FN7O2.C23H24F3N5O2/c1-16(2)20-11-21(17-5-7-19(29)8-6-17)34-37-14-22(33-23(20)37)25(39)36-10-9-35(15-26(36,3)4)24(38)18-12-27(40,13-18)28(30,31)32;1-16(2)19-13-20(17-5-7-18(27)8-6-17)31-34-14-21(30-23(19)34)24(35)33-12-11-32(15-26(33,3)4)25(36)22-28-9-10-29-22;1-16(2)19-13-21(17-5-7-18(27)8-6-17)31-34-14-22(29-23(19)34)25(36)33-12-11-32(15-26(33,3)4)24(35)20-9-10-28-30-20;1-13(2)16-11-17(14-5-7-15(8-6-14)23(24,25)26)29-31-12-18(28-19(16)31)20(32)30-10-9-27-21(33)22(30,3)4/h5-8,11,14,16,18,40H,9-10,12-13,15H2,1-4H3;5-10,13-14,16H,11-12,15H2,1-4H3,(H,28,29);5-10,13-14,16H,11-12,15H2,1-4H3,(H,28,30);5-8,11-13H,9-10H2,1-4H3,(H,27,33). The van der Waals surface area contributed by atoms with Crippen LogP contribution in [0.1, 0.15) is 238 Å². The number of alkyl halides is 6. The van der Waals surface area contributed by atoms with Crippen molar-refractivity contribution in [2.24, 2.45) is 5.92 Å². The number of piperazine rings is 4. The average Bonchev–Trinajstić information content (AvgIpc) is 1.73. The number of carbonyl (C=O) groups excluding carboxylic acids is 8. The molecule has 5 fully saturated rings. The molecule has 14 aromatic rings. The van der Waals surface area contributed by atoms with Crippen molar-refractivity contribution in [1.29, 1.82) is 0 Å². The van der Waals surface area contributed by atoms with Crippen LogP contribution in [-0.2, 0) is 15.8 Å². The summed E-state index contributed by atoms with van der Waals surface area (Å²) in [6, 6.07) is 32.3. The summed E-state index contributed by atoms with van der Waals surface area (Å²) in [4.78, 5) is 142. The fraction of sp³-hybridized carbons (Fsp3) is 0.398. The molecule has 0 spiro atoms. The van der Waals surface area contributed by atoms with Crippen molar-refractivity contribution in [2.45, 2.75) is 187 Å². The Hall–Kier alpha value is -15.1. The Labute approximate surface area is 827 Å². The molecule has 33 nitrogen and oxygen atoms in total. The van der Waals surface area contributed by atoms with Gasteiger partial charge in [-0.2, -0.15) is 51.8 Å². The highest BCUT2D eigenvalue weighted by Crippen LogP contribution is 2.50. The lowest BCUT2D eigenvalue weighted by atomic mass is 9.69. The smallest absolute Gasteiger partial charge is 0.380 e. The molecule has 760 valence electrons. The number of benzene rings is 4. The summed E-state index contributed by atoms with van der Waals surface area (Å²) in [5.41, 5.74) is 5.73. The molecule has 42 heteroatoms. The lowest BCUT2D eigenvalue weighted by molar-refractivity contribution is -0.297. The number of nitrogens with one attached hydrogen (secondary N) is 3. The van der Waals surface area contributed by atoms with Crippen LogP contribution in [0.25, 0.3) is 67.6 Å². The SMILES string of the molecule is CC(C)c1cc(-c2ccc(C(F)(F)F)cc2)nn2cc(C(=O)N3CCNC(=O)C3(C)C)nc12.CC(C)c1cc(-c2ccc(F)cc2)nn2cc(C(=O)N3CCN(C(=O)C4CC(O)(C(F)(F)F)C4)CC3(C)C)nc12.CC(C)c1cc(-c2ccc(F)cc2)nn2cc(C(=O)N3CCN(C(=O)c4ccn[nH]4)CC3(C)C)nc12.CC(C)c1cc(-c2ccc(F)cc2)nn2cc(C(=O)N3CCN(C(=O)c4ncc[nH]4)CC3(C)C)nc12. The summed E-state index contributed by atoms with van der Waals surface area (Å²) in [5, 5.41) is 37.5. The van der Waals surface area contributed by atoms with E-state index in [1.54, 1.807) is 151 Å². The molecule has 4 aromatic carbocycles. The lowest BCUT2D eigenvalue weighted by Crippen LogP contribution is -2.65. The number of aromatic amines is 2. The zero-order valence-corrected chi connectivity index (χ0v) is 82.8. The summed E-state index contributed by atoms with van der Waals surface area (Å²) < 4.78 is 124. The van der Waals surface area contributed by atoms with Crippen LogP contribution in [-0.4, -0.2) is 271 Å². The number of imidazole rings is 5. The Morgan fingerprint density at radius 2 is 0.745 bits per heavy atom. The van der Waals surface area contributed by atoms with E-state index in [4.69, 9.17) is 0 Å². The fourth-order valence-electron chi connectivity index (χ4n) is 18.8. The van der Waals surface area contributed by atoms with Gasteiger partial charge in [-0.1, -0.05) is 67.5 Å². The van der Waals surface area contributed by atoms with Crippen molar-refractivity contribution >= 4 is 69.8 Å². The molecule has 0 bridgehead atoms. The highest BCUT2D eigenvalue weighted by molar-refractivity contribution is 6.00. The molecule has 4 aliphatic heterocycles. The third-order valence-electron chi connectivity index (χ3n) is 27.0. The topological polar surface area (TPSA) is 370 Å². The summed E-state index contributed by atoms with van der Waals surface area (Å²) in [6.07, 6.45) is 0.554. The normalized spacial score (nSPS) is 17.8. The number of rotatable bonds is 15. The van der Waals surface area contributed by atoms with E-state index in [0.717, 1.165) is 45.5 Å². The predicted molar refractivity (Wildman–Crippen MR) is 518 cm³/mol. The number of hydrogen-bond donors (Lipinski definition) is 4. The molecular formula is C103H111F9N24O9. The van der Waals surface area contributed by atoms with Gasteiger partial charge in [0.1, 0.15) is 51.5 Å². The van der Waals surface area contributed by atoms with E-state index < -0.39 is 70.3 Å². The molecular weight excluding hydrogens is 1890 g/mol. The van der Waals surface area contributed by atoms with Crippen molar-refractivity contribution in [3.05, 3.63) is 250 Å². The van der Waals surface area contributed by atoms with Crippen LogP contribution in [0.15, 0.2) is 171 Å². The number of aromatic nitrogens is 16. The van der Waals surface area contributed by atoms with Crippen molar-refractivity contribution in [3.8, 4) is 45.0 Å². The van der Waals surface area contributed by atoms with Gasteiger partial charge in [-0.25, -0.2) is 56.2 Å². The van der Waals surface area contributed by atoms with E-state index in [1.165, 1.54) is 69.0 Å². The lowest BCUT2D eigenvalue weighted by Gasteiger charge is -2.50. The summed E-state index contributed by atoms with van der Waals surface area (Å²) >= 11 is 0. The van der Waals surface area contributed by atoms with Crippen molar-refractivity contribution < 1.29 is 83.0 Å². The van der Waals surface area contributed by atoms with Gasteiger partial charge in [0.05, 0.1) is 69.7 Å². The molecule has 145 heavy (non-hydrogen) atoms. The quantitative estimate of drug-likeness (QED) is 0.0693. The number of amides is 8. The Morgan fingerprint density at radius 3 is 1.06 bits per heavy atom. The van der Waals surface area contributed by atoms with Crippen LogP contribution in [0.4, 0.5) is 39.5 Å². The Bertz CT molecular complexity index is 7030. The van der Waals surface area contributed by atoms with Gasteiger partial charge < -0.3 is 49.7 Å². The van der Waals surface area contributed by atoms with E-state index in [9.17, 15) is 83.0 Å². The molecule has 14 heterocycles. The number of aliphatic hydroxyl groups is 1. The molecule has 1 aliphatic carbocycles. The van der Waals surface area contributed by atoms with Crippen LogP contribution in [0.2, 0.25) is 0 Å². The first-order chi connectivity index (χ1) is 68.3. The van der Waals surface area contributed by atoms with E-state index in [1.807, 2.05) is 73.6 Å². The monoisotopic (exact) mass is 2000 g/mol. The molecule has 0 unspecified atom stereocenters. The van der Waals surface area contributed by atoms with Gasteiger partial charge in [-0.3, -0.25) is 43.5 Å². The minimum Gasteiger partial charge on any atom is -0.380 e. The summed E-state index contributed by atoms with van der Waals surface area (Å²) in [7, 11) is 0. The van der Waals surface area contributed by atoms with Gasteiger partial charge in [-0.05, 0) is 207 Å². The highest BCUT2D eigenvalue weighted by atomic mass is 19.4. The molecule has 0 radical (unpaired) electrons. The third-order valence-corrected chi connectivity index (χ3v) is 27.0. The van der Waals surface area contributed by atoms with Crippen molar-refractivity contribution in [3.63, 3.8) is 0 Å². The Morgan fingerprint density at radius 1 is 0.414 bits per heavy atom. The number of nitrogens with zero attached hydrogens (tertiary/aromatic N) is 21. The number of carbonyl (C=O) groups is 8. The van der Waals surface area contributed by atoms with Gasteiger partial charge in [0.15, 0.2) is 34.0 Å². The van der Waals surface area contributed by atoms with Crippen molar-refractivity contribution in [2.75, 3.05) is 72.0 Å².